The number of ether oxygens (including phenoxy) is 2. The van der Waals surface area contributed by atoms with E-state index in [1.807, 2.05) is 49.1 Å². The molecule has 0 aliphatic carbocycles. The molecule has 0 spiro atoms. The van der Waals surface area contributed by atoms with E-state index in [0.717, 1.165) is 60.3 Å². The number of carbonyl (C=O) groups excluding carboxylic acids is 2. The maximum atomic E-state index is 12.4. The third-order valence-corrected chi connectivity index (χ3v) is 8.50. The van der Waals surface area contributed by atoms with Gasteiger partial charge in [-0.15, -0.1) is 0 Å². The summed E-state index contributed by atoms with van der Waals surface area (Å²) in [7, 11) is 4.29. The molecule has 4 heterocycles. The van der Waals surface area contributed by atoms with Gasteiger partial charge in [0, 0.05) is 60.1 Å². The predicted octanol–water partition coefficient (Wildman–Crippen LogP) is 6.41. The molecule has 0 radical (unpaired) electrons. The van der Waals surface area contributed by atoms with Gasteiger partial charge in [-0.05, 0) is 112 Å². The van der Waals surface area contributed by atoms with Gasteiger partial charge in [-0.1, -0.05) is 24.3 Å². The number of aromatic nitrogens is 2. The Labute approximate surface area is 258 Å². The second kappa shape index (κ2) is 13.3. The van der Waals surface area contributed by atoms with Gasteiger partial charge >= 0.3 is 11.9 Å². The summed E-state index contributed by atoms with van der Waals surface area (Å²) in [6.45, 7) is 2.20. The van der Waals surface area contributed by atoms with E-state index in [2.05, 4.69) is 46.0 Å². The number of esters is 2. The molecular formula is C36H36N4O4. The Balaban J connectivity index is 1.01. The van der Waals surface area contributed by atoms with Crippen molar-refractivity contribution < 1.29 is 19.1 Å². The van der Waals surface area contributed by atoms with Crippen LogP contribution in [-0.4, -0.2) is 58.9 Å². The second-order valence-electron chi connectivity index (χ2n) is 11.5. The van der Waals surface area contributed by atoms with Crippen LogP contribution in [-0.2, 0) is 9.59 Å². The number of hydrogen-bond acceptors (Lipinski definition) is 8. The summed E-state index contributed by atoms with van der Waals surface area (Å²) in [5.74, 6) is -0.577. The zero-order valence-corrected chi connectivity index (χ0v) is 25.1. The lowest BCUT2D eigenvalue weighted by Crippen LogP contribution is -2.17. The number of rotatable bonds is 8. The lowest BCUT2D eigenvalue weighted by Gasteiger charge is -2.20. The fraction of sp³-hybridized carbons (Fsp3) is 0.278. The van der Waals surface area contributed by atoms with Gasteiger partial charge in [-0.25, -0.2) is 9.59 Å². The molecule has 0 saturated carbocycles. The van der Waals surface area contributed by atoms with Gasteiger partial charge in [0.2, 0.25) is 0 Å². The molecule has 2 aromatic heterocycles. The third kappa shape index (κ3) is 6.93. The lowest BCUT2D eigenvalue weighted by atomic mass is 10.0. The number of nitrogens with zero attached hydrogens (tertiary/aromatic N) is 4. The highest BCUT2D eigenvalue weighted by molar-refractivity contribution is 5.93. The smallest absolute Gasteiger partial charge is 0.336 e. The van der Waals surface area contributed by atoms with Crippen LogP contribution < -0.4 is 9.47 Å². The molecule has 0 N–H and O–H groups in total. The van der Waals surface area contributed by atoms with Gasteiger partial charge < -0.3 is 9.47 Å². The van der Waals surface area contributed by atoms with Crippen molar-refractivity contribution in [3.8, 4) is 33.8 Å². The Bertz CT molecular complexity index is 1530. The lowest BCUT2D eigenvalue weighted by molar-refractivity contribution is -0.131. The molecule has 6 rings (SSSR count). The molecule has 2 aliphatic heterocycles. The van der Waals surface area contributed by atoms with Gasteiger partial charge in [0.05, 0.1) is 0 Å². The van der Waals surface area contributed by atoms with Crippen molar-refractivity contribution in [1.29, 1.82) is 0 Å². The van der Waals surface area contributed by atoms with E-state index in [1.54, 1.807) is 24.3 Å². The number of carbonyl (C=O) groups is 2. The molecule has 0 amide bonds. The Morgan fingerprint density at radius 2 is 1.05 bits per heavy atom. The van der Waals surface area contributed by atoms with Crippen molar-refractivity contribution in [2.45, 2.75) is 37.8 Å². The molecule has 4 aromatic rings. The number of likely N-dealkylation sites (tertiary alicyclic amines) is 2. The number of pyridine rings is 2. The van der Waals surface area contributed by atoms with Crippen LogP contribution in [0.2, 0.25) is 0 Å². The summed E-state index contributed by atoms with van der Waals surface area (Å²) in [6, 6.07) is 19.6. The standard InChI is InChI=1S/C36H36N4O4/c1-39-17-3-5-33(39)29-19-27(21-37-23-29)25-7-11-31(12-8-25)43-35(41)15-16-36(42)44-32-13-9-26(10-14-32)28-20-30(24-38-22-28)34-6-4-18-40(34)2/h7-16,19-24,33-34H,3-6,17-18H2,1-2H3/b16-15+. The average Bonchev–Trinajstić information content (AvgIpc) is 3.68. The van der Waals surface area contributed by atoms with Gasteiger partial charge in [0.15, 0.2) is 0 Å². The Hall–Kier alpha value is -4.66. The molecule has 2 saturated heterocycles. The van der Waals surface area contributed by atoms with E-state index in [1.165, 1.54) is 24.0 Å². The summed E-state index contributed by atoms with van der Waals surface area (Å²) in [5.41, 5.74) is 6.41. The highest BCUT2D eigenvalue weighted by Gasteiger charge is 2.24. The molecule has 8 heteroatoms. The molecule has 0 bridgehead atoms. The fourth-order valence-corrected chi connectivity index (χ4v) is 6.13. The highest BCUT2D eigenvalue weighted by atomic mass is 16.5. The minimum Gasteiger partial charge on any atom is -0.423 e. The van der Waals surface area contributed by atoms with Crippen molar-refractivity contribution in [2.75, 3.05) is 27.2 Å². The van der Waals surface area contributed by atoms with E-state index in [-0.39, 0.29) is 0 Å². The molecule has 224 valence electrons. The molecule has 8 nitrogen and oxygen atoms in total. The van der Waals surface area contributed by atoms with Crippen molar-refractivity contribution >= 4 is 11.9 Å². The molecule has 44 heavy (non-hydrogen) atoms. The zero-order chi connectivity index (χ0) is 30.5. The highest BCUT2D eigenvalue weighted by Crippen LogP contribution is 2.33. The van der Waals surface area contributed by atoms with Crippen LogP contribution in [0.4, 0.5) is 0 Å². The van der Waals surface area contributed by atoms with Gasteiger partial charge in [0.1, 0.15) is 11.5 Å². The minimum atomic E-state index is -0.668. The van der Waals surface area contributed by atoms with Gasteiger partial charge in [0.25, 0.3) is 0 Å². The SMILES string of the molecule is CN1CCCC1c1cncc(-c2ccc(OC(=O)/C=C/C(=O)Oc3ccc(-c4cncc(C5CCCN5C)c4)cc3)cc2)c1. The maximum Gasteiger partial charge on any atom is 0.336 e. The summed E-state index contributed by atoms with van der Waals surface area (Å²) in [5, 5.41) is 0. The minimum absolute atomic E-state index is 0.380. The van der Waals surface area contributed by atoms with Crippen LogP contribution in [0.3, 0.4) is 0 Å². The molecule has 2 atom stereocenters. The monoisotopic (exact) mass is 588 g/mol. The fourth-order valence-electron chi connectivity index (χ4n) is 6.13. The van der Waals surface area contributed by atoms with E-state index in [9.17, 15) is 9.59 Å². The topological polar surface area (TPSA) is 84.9 Å². The van der Waals surface area contributed by atoms with Crippen molar-refractivity contribution in [3.63, 3.8) is 0 Å². The van der Waals surface area contributed by atoms with E-state index in [0.29, 0.717) is 23.6 Å². The third-order valence-electron chi connectivity index (χ3n) is 8.50. The van der Waals surface area contributed by atoms with E-state index in [4.69, 9.17) is 9.47 Å². The first-order chi connectivity index (χ1) is 21.4. The van der Waals surface area contributed by atoms with Crippen LogP contribution in [0, 0.1) is 0 Å². The van der Waals surface area contributed by atoms with Gasteiger partial charge in [-0.3, -0.25) is 19.8 Å². The molecule has 2 aromatic carbocycles. The summed E-state index contributed by atoms with van der Waals surface area (Å²) >= 11 is 0. The normalized spacial score (nSPS) is 19.0. The number of hydrogen-bond donors (Lipinski definition) is 0. The van der Waals surface area contributed by atoms with Crippen molar-refractivity contribution in [3.05, 3.63) is 109 Å². The Kier molecular flexibility index (Phi) is 8.91. The Morgan fingerprint density at radius 1 is 0.636 bits per heavy atom. The molecule has 2 fully saturated rings. The van der Waals surface area contributed by atoms with Crippen LogP contribution in [0.1, 0.15) is 48.9 Å². The largest absolute Gasteiger partial charge is 0.423 e. The van der Waals surface area contributed by atoms with Crippen molar-refractivity contribution in [2.24, 2.45) is 0 Å². The van der Waals surface area contributed by atoms with Crippen LogP contribution >= 0.6 is 0 Å². The first-order valence-electron chi connectivity index (χ1n) is 15.1. The number of benzene rings is 2. The maximum absolute atomic E-state index is 12.4. The molecule has 2 aliphatic rings. The first kappa shape index (κ1) is 29.4. The van der Waals surface area contributed by atoms with E-state index < -0.39 is 11.9 Å². The molecular weight excluding hydrogens is 552 g/mol. The second-order valence-corrected chi connectivity index (χ2v) is 11.5. The average molecular weight is 589 g/mol. The summed E-state index contributed by atoms with van der Waals surface area (Å²) in [6.07, 6.45) is 14.3. The first-order valence-corrected chi connectivity index (χ1v) is 15.1. The van der Waals surface area contributed by atoms with Crippen molar-refractivity contribution in [1.82, 2.24) is 19.8 Å². The zero-order valence-electron chi connectivity index (χ0n) is 25.1. The van der Waals surface area contributed by atoms with Crippen LogP contribution in [0.5, 0.6) is 11.5 Å². The van der Waals surface area contributed by atoms with Crippen LogP contribution in [0.15, 0.2) is 97.6 Å². The molecule has 2 unspecified atom stereocenters. The van der Waals surface area contributed by atoms with Gasteiger partial charge in [-0.2, -0.15) is 0 Å². The Morgan fingerprint density at radius 3 is 1.41 bits per heavy atom. The quantitative estimate of drug-likeness (QED) is 0.133. The predicted molar refractivity (Wildman–Crippen MR) is 169 cm³/mol. The van der Waals surface area contributed by atoms with E-state index >= 15 is 0 Å². The summed E-state index contributed by atoms with van der Waals surface area (Å²) < 4.78 is 10.8. The van der Waals surface area contributed by atoms with Crippen LogP contribution in [0.25, 0.3) is 22.3 Å². The summed E-state index contributed by atoms with van der Waals surface area (Å²) in [4.78, 5) is 38.3.